The zero-order chi connectivity index (χ0) is 21.1. The standard InChI is InChI=1S/C19H27N5O4S/c1-15(25)21-10-3-11-22-19(23-12-9-17-4-2-13-28-17)24-14-16-5-7-18(8-6-16)29(20,26)27/h2,4-8,13H,3,9-12,14H2,1H3,(H,21,25)(H2,20,26,27)(H2,22,23,24). The zero-order valence-electron chi connectivity index (χ0n) is 16.3. The lowest BCUT2D eigenvalue weighted by atomic mass is 10.2. The summed E-state index contributed by atoms with van der Waals surface area (Å²) in [7, 11) is -3.71. The first-order chi connectivity index (χ1) is 13.8. The zero-order valence-corrected chi connectivity index (χ0v) is 17.2. The number of benzene rings is 1. The van der Waals surface area contributed by atoms with Crippen molar-refractivity contribution in [3.05, 3.63) is 54.0 Å². The van der Waals surface area contributed by atoms with Gasteiger partial charge < -0.3 is 20.4 Å². The van der Waals surface area contributed by atoms with E-state index in [1.54, 1.807) is 18.4 Å². The van der Waals surface area contributed by atoms with E-state index in [1.807, 2.05) is 12.1 Å². The van der Waals surface area contributed by atoms with Gasteiger partial charge in [0.05, 0.1) is 17.7 Å². The Hall–Kier alpha value is -2.85. The normalized spacial score (nSPS) is 11.9. The highest BCUT2D eigenvalue weighted by Crippen LogP contribution is 2.09. The second-order valence-corrected chi connectivity index (χ2v) is 7.93. The predicted molar refractivity (Wildman–Crippen MR) is 111 cm³/mol. The molecule has 1 amide bonds. The fraction of sp³-hybridized carbons (Fsp3) is 0.368. The molecule has 29 heavy (non-hydrogen) atoms. The number of nitrogens with zero attached hydrogens (tertiary/aromatic N) is 1. The summed E-state index contributed by atoms with van der Waals surface area (Å²) >= 11 is 0. The summed E-state index contributed by atoms with van der Waals surface area (Å²) in [5, 5.41) is 14.3. The third-order valence-electron chi connectivity index (χ3n) is 3.94. The van der Waals surface area contributed by atoms with Gasteiger partial charge in [0.1, 0.15) is 5.76 Å². The molecule has 0 atom stereocenters. The largest absolute Gasteiger partial charge is 0.469 e. The van der Waals surface area contributed by atoms with Gasteiger partial charge in [-0.05, 0) is 36.2 Å². The molecule has 0 bridgehead atoms. The van der Waals surface area contributed by atoms with E-state index < -0.39 is 10.0 Å². The Labute approximate surface area is 170 Å². The highest BCUT2D eigenvalue weighted by atomic mass is 32.2. The van der Waals surface area contributed by atoms with E-state index in [-0.39, 0.29) is 10.8 Å². The second kappa shape index (κ2) is 11.2. The van der Waals surface area contributed by atoms with Crippen LogP contribution < -0.4 is 21.1 Å². The summed E-state index contributed by atoms with van der Waals surface area (Å²) in [6, 6.07) is 10.0. The molecule has 0 aliphatic rings. The minimum atomic E-state index is -3.71. The predicted octanol–water partition coefficient (Wildman–Crippen LogP) is 0.731. The van der Waals surface area contributed by atoms with Crippen molar-refractivity contribution >= 4 is 21.9 Å². The van der Waals surface area contributed by atoms with Crippen LogP contribution in [0.5, 0.6) is 0 Å². The number of hydrogen-bond acceptors (Lipinski definition) is 5. The maximum absolute atomic E-state index is 11.3. The van der Waals surface area contributed by atoms with Crippen LogP contribution in [-0.2, 0) is 27.8 Å². The van der Waals surface area contributed by atoms with Crippen molar-refractivity contribution in [3.8, 4) is 0 Å². The first-order valence-corrected chi connectivity index (χ1v) is 10.8. The minimum absolute atomic E-state index is 0.0570. The van der Waals surface area contributed by atoms with Crippen LogP contribution in [0.4, 0.5) is 0 Å². The molecule has 9 nitrogen and oxygen atoms in total. The number of primary sulfonamides is 1. The molecule has 2 aromatic rings. The number of aliphatic imine (C=N–C) groups is 1. The lowest BCUT2D eigenvalue weighted by Crippen LogP contribution is -2.39. The van der Waals surface area contributed by atoms with Crippen molar-refractivity contribution in [1.29, 1.82) is 0 Å². The molecule has 1 aromatic heterocycles. The van der Waals surface area contributed by atoms with Crippen molar-refractivity contribution in [2.45, 2.75) is 31.2 Å². The molecule has 1 aromatic carbocycles. The Kier molecular flexibility index (Phi) is 8.68. The summed E-state index contributed by atoms with van der Waals surface area (Å²) in [5.41, 5.74) is 0.850. The first-order valence-electron chi connectivity index (χ1n) is 9.25. The number of hydrogen-bond donors (Lipinski definition) is 4. The second-order valence-electron chi connectivity index (χ2n) is 6.37. The van der Waals surface area contributed by atoms with Gasteiger partial charge in [-0.25, -0.2) is 18.5 Å². The number of guanidine groups is 1. The van der Waals surface area contributed by atoms with Crippen molar-refractivity contribution in [2.24, 2.45) is 10.1 Å². The molecule has 5 N–H and O–H groups in total. The van der Waals surface area contributed by atoms with Crippen molar-refractivity contribution in [2.75, 3.05) is 19.6 Å². The Morgan fingerprint density at radius 2 is 1.76 bits per heavy atom. The minimum Gasteiger partial charge on any atom is -0.469 e. The number of nitrogens with two attached hydrogens (primary N) is 1. The van der Waals surface area contributed by atoms with Gasteiger partial charge in [-0.15, -0.1) is 0 Å². The smallest absolute Gasteiger partial charge is 0.238 e. The highest BCUT2D eigenvalue weighted by Gasteiger charge is 2.07. The summed E-state index contributed by atoms with van der Waals surface area (Å²) in [6.45, 7) is 3.70. The van der Waals surface area contributed by atoms with Crippen LogP contribution in [0.1, 0.15) is 24.7 Å². The summed E-state index contributed by atoms with van der Waals surface area (Å²) in [6.07, 6.45) is 3.10. The quantitative estimate of drug-likeness (QED) is 0.253. The van der Waals surface area contributed by atoms with Gasteiger partial charge >= 0.3 is 0 Å². The van der Waals surface area contributed by atoms with Gasteiger partial charge in [-0.1, -0.05) is 12.1 Å². The molecule has 0 radical (unpaired) electrons. The monoisotopic (exact) mass is 421 g/mol. The van der Waals surface area contributed by atoms with E-state index in [9.17, 15) is 13.2 Å². The molecule has 0 saturated heterocycles. The molecule has 0 fully saturated rings. The van der Waals surface area contributed by atoms with Gasteiger partial charge in [0.15, 0.2) is 5.96 Å². The van der Waals surface area contributed by atoms with Crippen LogP contribution in [0.3, 0.4) is 0 Å². The summed E-state index contributed by atoms with van der Waals surface area (Å²) in [5.74, 6) is 1.44. The number of rotatable bonds is 10. The fourth-order valence-corrected chi connectivity index (χ4v) is 2.96. The first kappa shape index (κ1) is 22.4. The van der Waals surface area contributed by atoms with E-state index in [0.717, 1.165) is 17.7 Å². The molecule has 0 unspecified atom stereocenters. The van der Waals surface area contributed by atoms with Gasteiger partial charge in [0.25, 0.3) is 0 Å². The van der Waals surface area contributed by atoms with Crippen LogP contribution in [0.15, 0.2) is 57.0 Å². The lowest BCUT2D eigenvalue weighted by molar-refractivity contribution is -0.118. The number of amides is 1. The average Bonchev–Trinajstić information content (AvgIpc) is 3.18. The molecule has 2 rings (SSSR count). The fourth-order valence-electron chi connectivity index (χ4n) is 2.45. The van der Waals surface area contributed by atoms with Crippen molar-refractivity contribution < 1.29 is 17.6 Å². The third-order valence-corrected chi connectivity index (χ3v) is 4.86. The van der Waals surface area contributed by atoms with E-state index in [1.165, 1.54) is 19.1 Å². The maximum Gasteiger partial charge on any atom is 0.238 e. The van der Waals surface area contributed by atoms with Gasteiger partial charge in [-0.2, -0.15) is 0 Å². The molecule has 0 saturated carbocycles. The number of nitrogens with one attached hydrogen (secondary N) is 3. The molecule has 0 aliphatic carbocycles. The van der Waals surface area contributed by atoms with E-state index in [2.05, 4.69) is 20.9 Å². The Bertz CT molecular complexity index is 893. The highest BCUT2D eigenvalue weighted by molar-refractivity contribution is 7.89. The average molecular weight is 422 g/mol. The van der Waals surface area contributed by atoms with Crippen molar-refractivity contribution in [1.82, 2.24) is 16.0 Å². The maximum atomic E-state index is 11.3. The molecular formula is C19H27N5O4S. The van der Waals surface area contributed by atoms with Gasteiger partial charge in [-0.3, -0.25) is 4.79 Å². The molecule has 0 aliphatic heterocycles. The van der Waals surface area contributed by atoms with Crippen LogP contribution in [0.2, 0.25) is 0 Å². The van der Waals surface area contributed by atoms with Crippen LogP contribution in [0.25, 0.3) is 0 Å². The Morgan fingerprint density at radius 3 is 2.38 bits per heavy atom. The Balaban J connectivity index is 1.91. The lowest BCUT2D eigenvalue weighted by Gasteiger charge is -2.12. The third kappa shape index (κ3) is 8.79. The molecule has 1 heterocycles. The SMILES string of the molecule is CC(=O)NCCCNC(=NCc1ccc(S(N)(=O)=O)cc1)NCCc1ccco1. The van der Waals surface area contributed by atoms with Gasteiger partial charge in [0, 0.05) is 33.0 Å². The molecule has 0 spiro atoms. The number of carbonyl (C=O) groups excluding carboxylic acids is 1. The van der Waals surface area contributed by atoms with Crippen LogP contribution >= 0.6 is 0 Å². The van der Waals surface area contributed by atoms with Gasteiger partial charge in [0.2, 0.25) is 15.9 Å². The molecular weight excluding hydrogens is 394 g/mol. The summed E-state index contributed by atoms with van der Waals surface area (Å²) in [4.78, 5) is 15.5. The Morgan fingerprint density at radius 1 is 1.07 bits per heavy atom. The van der Waals surface area contributed by atoms with Crippen LogP contribution in [0, 0.1) is 0 Å². The number of carbonyl (C=O) groups is 1. The van der Waals surface area contributed by atoms with Crippen molar-refractivity contribution in [3.63, 3.8) is 0 Å². The topological polar surface area (TPSA) is 139 Å². The number of sulfonamides is 1. The molecule has 158 valence electrons. The van der Waals surface area contributed by atoms with Crippen LogP contribution in [-0.4, -0.2) is 39.9 Å². The van der Waals surface area contributed by atoms with E-state index in [4.69, 9.17) is 9.56 Å². The molecule has 10 heteroatoms. The summed E-state index contributed by atoms with van der Waals surface area (Å²) < 4.78 is 28.0. The van der Waals surface area contributed by atoms with E-state index >= 15 is 0 Å². The van der Waals surface area contributed by atoms with E-state index in [0.29, 0.717) is 38.6 Å². The number of furan rings is 1.